The average molecular weight is 374 g/mol. The first-order chi connectivity index (χ1) is 5.29. The Kier molecular flexibility index (Phi) is 2.04. The van der Waals surface area contributed by atoms with Gasteiger partial charge in [0.15, 0.2) is 9.99 Å². The van der Waals surface area contributed by atoms with E-state index in [9.17, 15) is 0 Å². The Morgan fingerprint density at radius 1 is 1.64 bits per heavy atom. The summed E-state index contributed by atoms with van der Waals surface area (Å²) >= 11 is 4.50. The van der Waals surface area contributed by atoms with Crippen LogP contribution in [-0.2, 0) is 0 Å². The maximum atomic E-state index is 3.99. The van der Waals surface area contributed by atoms with E-state index in [4.69, 9.17) is 0 Å². The number of alkyl halides is 1. The number of nitrogens with one attached hydrogen (secondary N) is 1. The lowest BCUT2D eigenvalue weighted by Gasteiger charge is -2.10. The van der Waals surface area contributed by atoms with Gasteiger partial charge < -0.3 is 5.32 Å². The normalized spacial score (nSPS) is 21.3. The largest absolute Gasteiger partial charge is 0.353 e. The van der Waals surface area contributed by atoms with E-state index in [1.807, 2.05) is 9.18 Å². The van der Waals surface area contributed by atoms with Crippen LogP contribution in [0.25, 0.3) is 0 Å². The van der Waals surface area contributed by atoms with Gasteiger partial charge in [0.25, 0.3) is 0 Å². The Bertz CT molecular complexity index is 279. The molecule has 2 rings (SSSR count). The van der Waals surface area contributed by atoms with Crippen molar-refractivity contribution < 1.29 is 0 Å². The zero-order chi connectivity index (χ0) is 7.84. The Labute approximate surface area is 91.4 Å². The molecule has 0 bridgehead atoms. The van der Waals surface area contributed by atoms with Crippen LogP contribution in [0.1, 0.15) is 0 Å². The fraction of sp³-hybridized carbons (Fsp3) is 0.200. The second-order valence-electron chi connectivity index (χ2n) is 2.06. The van der Waals surface area contributed by atoms with Crippen molar-refractivity contribution in [3.63, 3.8) is 0 Å². The van der Waals surface area contributed by atoms with Crippen molar-refractivity contribution >= 4 is 57.0 Å². The molecule has 6 heteroatoms. The number of fused-ring (bicyclic) bond motifs is 1. The van der Waals surface area contributed by atoms with Crippen LogP contribution in [0.5, 0.6) is 0 Å². The lowest BCUT2D eigenvalue weighted by Crippen LogP contribution is -2.19. The number of rotatable bonds is 0. The van der Waals surface area contributed by atoms with E-state index >= 15 is 0 Å². The Hall–Kier alpha value is 0.140. The first-order valence-corrected chi connectivity index (χ1v) is 5.17. The van der Waals surface area contributed by atoms with Crippen LogP contribution in [0.3, 0.4) is 0 Å². The van der Waals surface area contributed by atoms with Gasteiger partial charge in [-0.2, -0.15) is 5.10 Å². The van der Waals surface area contributed by atoms with Crippen molar-refractivity contribution in [3.05, 3.63) is 12.3 Å². The number of hydrogen-bond acceptors (Lipinski definition) is 4. The third-order valence-electron chi connectivity index (χ3n) is 1.38. The fourth-order valence-corrected chi connectivity index (χ4v) is 1.98. The van der Waals surface area contributed by atoms with Crippen LogP contribution >= 0.6 is 45.5 Å². The lowest BCUT2D eigenvalue weighted by molar-refractivity contribution is 1.02. The van der Waals surface area contributed by atoms with E-state index < -0.39 is 0 Å². The van der Waals surface area contributed by atoms with Gasteiger partial charge in [0.05, 0.1) is 34.7 Å². The van der Waals surface area contributed by atoms with Crippen LogP contribution < -0.4 is 8.43 Å². The summed E-state index contributed by atoms with van der Waals surface area (Å²) < 4.78 is 2.29. The summed E-state index contributed by atoms with van der Waals surface area (Å²) in [5.74, 6) is 0.910. The molecule has 0 saturated heterocycles. The molecule has 0 aliphatic carbocycles. The summed E-state index contributed by atoms with van der Waals surface area (Å²) in [6.45, 7) is 0. The molecule has 1 aliphatic rings. The standard InChI is InChI=1S/C5H4I2N4/c6-5-9-3-1-2-8-10-4(3)11(5)7/h1-2,5,9H. The van der Waals surface area contributed by atoms with Crippen LogP contribution in [0.15, 0.2) is 12.3 Å². The minimum atomic E-state index is 0.278. The van der Waals surface area contributed by atoms with E-state index in [2.05, 4.69) is 61.0 Å². The number of hydrogen-bond donors (Lipinski definition) is 1. The highest BCUT2D eigenvalue weighted by Gasteiger charge is 2.25. The van der Waals surface area contributed by atoms with Gasteiger partial charge in [-0.05, 0) is 28.7 Å². The van der Waals surface area contributed by atoms with E-state index in [0.29, 0.717) is 0 Å². The molecule has 4 nitrogen and oxygen atoms in total. The molecule has 1 N–H and O–H groups in total. The first kappa shape index (κ1) is 7.77. The topological polar surface area (TPSA) is 41.1 Å². The van der Waals surface area contributed by atoms with Crippen LogP contribution in [-0.4, -0.2) is 14.4 Å². The van der Waals surface area contributed by atoms with Gasteiger partial charge >= 0.3 is 0 Å². The molecule has 0 spiro atoms. The third-order valence-corrected chi connectivity index (χ3v) is 4.33. The lowest BCUT2D eigenvalue weighted by atomic mass is 10.5. The molecule has 1 aromatic rings. The monoisotopic (exact) mass is 374 g/mol. The molecule has 0 aromatic carbocycles. The molecular weight excluding hydrogens is 370 g/mol. The molecule has 58 valence electrons. The zero-order valence-electron chi connectivity index (χ0n) is 5.33. The summed E-state index contributed by atoms with van der Waals surface area (Å²) in [7, 11) is 0. The zero-order valence-corrected chi connectivity index (χ0v) is 9.64. The van der Waals surface area contributed by atoms with Gasteiger partial charge in [-0.25, -0.2) is 0 Å². The third kappa shape index (κ3) is 1.25. The maximum Gasteiger partial charge on any atom is 0.185 e. The Balaban J connectivity index is 2.47. The predicted octanol–water partition coefficient (Wildman–Crippen LogP) is 1.78. The second kappa shape index (κ2) is 2.88. The summed E-state index contributed by atoms with van der Waals surface area (Å²) in [5, 5.41) is 11.0. The summed E-state index contributed by atoms with van der Waals surface area (Å²) in [6.07, 6.45) is 1.69. The summed E-state index contributed by atoms with van der Waals surface area (Å²) in [5.41, 5.74) is 1.05. The summed E-state index contributed by atoms with van der Waals surface area (Å²) in [4.78, 5) is 0. The molecule has 0 amide bonds. The highest BCUT2D eigenvalue weighted by molar-refractivity contribution is 14.1. The molecule has 1 aliphatic heterocycles. The minimum Gasteiger partial charge on any atom is -0.353 e. The van der Waals surface area contributed by atoms with Gasteiger partial charge in [-0.15, -0.1) is 5.10 Å². The number of anilines is 2. The minimum absolute atomic E-state index is 0.278. The highest BCUT2D eigenvalue weighted by Crippen LogP contribution is 2.36. The molecule has 0 radical (unpaired) electrons. The molecule has 1 atom stereocenters. The van der Waals surface area contributed by atoms with Gasteiger partial charge in [-0.1, -0.05) is 0 Å². The van der Waals surface area contributed by atoms with E-state index in [0.717, 1.165) is 11.5 Å². The highest BCUT2D eigenvalue weighted by atomic mass is 127. The van der Waals surface area contributed by atoms with Gasteiger partial charge in [0.2, 0.25) is 0 Å². The number of aromatic nitrogens is 2. The quantitative estimate of drug-likeness (QED) is 0.326. The SMILES string of the molecule is IC1Nc2ccnnc2N1I. The second-order valence-corrected chi connectivity index (χ2v) is 4.28. The van der Waals surface area contributed by atoms with E-state index in [1.54, 1.807) is 6.20 Å². The maximum absolute atomic E-state index is 3.99. The Morgan fingerprint density at radius 2 is 2.45 bits per heavy atom. The van der Waals surface area contributed by atoms with Gasteiger partial charge in [0, 0.05) is 0 Å². The molecule has 0 fully saturated rings. The molecule has 0 saturated carbocycles. The van der Waals surface area contributed by atoms with Crippen molar-refractivity contribution in [1.82, 2.24) is 10.2 Å². The molecule has 2 heterocycles. The van der Waals surface area contributed by atoms with Crippen molar-refractivity contribution in [3.8, 4) is 0 Å². The summed E-state index contributed by atoms with van der Waals surface area (Å²) in [6, 6.07) is 1.92. The average Bonchev–Trinajstić information content (AvgIpc) is 2.30. The van der Waals surface area contributed by atoms with E-state index in [1.165, 1.54) is 0 Å². The van der Waals surface area contributed by atoms with Crippen molar-refractivity contribution in [2.75, 3.05) is 8.43 Å². The molecule has 11 heavy (non-hydrogen) atoms. The number of nitrogens with zero attached hydrogens (tertiary/aromatic N) is 3. The van der Waals surface area contributed by atoms with Crippen LogP contribution in [0, 0.1) is 0 Å². The fourth-order valence-electron chi connectivity index (χ4n) is 0.887. The van der Waals surface area contributed by atoms with Gasteiger partial charge in [-0.3, -0.25) is 3.11 Å². The van der Waals surface area contributed by atoms with Crippen molar-refractivity contribution in [1.29, 1.82) is 0 Å². The smallest absolute Gasteiger partial charge is 0.185 e. The molecular formula is C5H4I2N4. The van der Waals surface area contributed by atoms with Crippen LogP contribution in [0.2, 0.25) is 0 Å². The van der Waals surface area contributed by atoms with Crippen molar-refractivity contribution in [2.24, 2.45) is 0 Å². The molecule has 1 aromatic heterocycles. The molecule has 1 unspecified atom stereocenters. The van der Waals surface area contributed by atoms with Gasteiger partial charge in [0.1, 0.15) is 0 Å². The first-order valence-electron chi connectivity index (χ1n) is 2.96. The Morgan fingerprint density at radius 3 is 3.18 bits per heavy atom. The van der Waals surface area contributed by atoms with Crippen molar-refractivity contribution in [2.45, 2.75) is 4.17 Å². The number of halogens is 2. The van der Waals surface area contributed by atoms with Crippen LogP contribution in [0.4, 0.5) is 11.5 Å². The van der Waals surface area contributed by atoms with E-state index in [-0.39, 0.29) is 4.17 Å². The predicted molar refractivity (Wildman–Crippen MR) is 60.0 cm³/mol.